The molecule has 0 aliphatic heterocycles. The Balaban J connectivity index is 1.82. The Morgan fingerprint density at radius 1 is 1.04 bits per heavy atom. The van der Waals surface area contributed by atoms with Crippen molar-refractivity contribution in [3.8, 4) is 11.5 Å². The van der Waals surface area contributed by atoms with Gasteiger partial charge in [-0.1, -0.05) is 18.2 Å². The number of benzene rings is 1. The molecule has 0 spiro atoms. The van der Waals surface area contributed by atoms with Gasteiger partial charge in [-0.2, -0.15) is 0 Å². The van der Waals surface area contributed by atoms with E-state index in [0.717, 1.165) is 11.4 Å². The fourth-order valence-corrected chi connectivity index (χ4v) is 2.59. The highest BCUT2D eigenvalue weighted by atomic mass is 16.5. The standard InChI is InChI=1S/C21H28N2O4/c1-3-26-19-10-4-5-11-20(19)27-15-8-12-21(24)23(14-16-25-2)17-18-9-6-7-13-22-18/h4-7,9-11,13H,3,8,12,14-17H2,1-2H3. The van der Waals surface area contributed by atoms with Gasteiger partial charge >= 0.3 is 0 Å². The van der Waals surface area contributed by atoms with Gasteiger partial charge in [0.25, 0.3) is 0 Å². The van der Waals surface area contributed by atoms with E-state index in [-0.39, 0.29) is 5.91 Å². The summed E-state index contributed by atoms with van der Waals surface area (Å²) < 4.78 is 16.5. The molecule has 1 heterocycles. The van der Waals surface area contributed by atoms with E-state index in [0.29, 0.717) is 51.5 Å². The largest absolute Gasteiger partial charge is 0.490 e. The lowest BCUT2D eigenvalue weighted by Gasteiger charge is -2.22. The average molecular weight is 372 g/mol. The number of ether oxygens (including phenoxy) is 3. The van der Waals surface area contributed by atoms with E-state index in [1.54, 1.807) is 18.2 Å². The maximum Gasteiger partial charge on any atom is 0.223 e. The molecular formula is C21H28N2O4. The second-order valence-corrected chi connectivity index (χ2v) is 5.96. The van der Waals surface area contributed by atoms with Gasteiger partial charge in [-0.05, 0) is 37.6 Å². The van der Waals surface area contributed by atoms with Crippen LogP contribution in [0.2, 0.25) is 0 Å². The van der Waals surface area contributed by atoms with Gasteiger partial charge in [0.2, 0.25) is 5.91 Å². The summed E-state index contributed by atoms with van der Waals surface area (Å²) in [6.45, 7) is 4.50. The highest BCUT2D eigenvalue weighted by Crippen LogP contribution is 2.26. The van der Waals surface area contributed by atoms with Crippen LogP contribution < -0.4 is 9.47 Å². The Kier molecular flexibility index (Phi) is 9.13. The minimum absolute atomic E-state index is 0.0689. The predicted octanol–water partition coefficient (Wildman–Crippen LogP) is 3.31. The zero-order chi connectivity index (χ0) is 19.3. The molecule has 0 bridgehead atoms. The van der Waals surface area contributed by atoms with E-state index in [2.05, 4.69) is 4.98 Å². The third kappa shape index (κ3) is 7.27. The molecule has 0 unspecified atom stereocenters. The molecule has 1 aromatic heterocycles. The second kappa shape index (κ2) is 11.9. The van der Waals surface area contributed by atoms with Gasteiger partial charge in [0.15, 0.2) is 11.5 Å². The summed E-state index contributed by atoms with van der Waals surface area (Å²) in [7, 11) is 1.63. The summed E-state index contributed by atoms with van der Waals surface area (Å²) in [6.07, 6.45) is 2.77. The molecule has 0 fully saturated rings. The molecule has 6 heteroatoms. The van der Waals surface area contributed by atoms with Crippen LogP contribution in [0.25, 0.3) is 0 Å². The molecule has 2 rings (SSSR count). The number of hydrogen-bond donors (Lipinski definition) is 0. The van der Waals surface area contributed by atoms with Gasteiger partial charge < -0.3 is 19.1 Å². The Bertz CT molecular complexity index is 679. The number of carbonyl (C=O) groups excluding carboxylic acids is 1. The normalized spacial score (nSPS) is 10.4. The number of pyridine rings is 1. The maximum atomic E-state index is 12.6. The first-order chi connectivity index (χ1) is 13.2. The first-order valence-corrected chi connectivity index (χ1v) is 9.25. The summed E-state index contributed by atoms with van der Waals surface area (Å²) in [4.78, 5) is 18.7. The molecule has 6 nitrogen and oxygen atoms in total. The minimum atomic E-state index is 0.0689. The fourth-order valence-electron chi connectivity index (χ4n) is 2.59. The molecule has 0 saturated carbocycles. The number of carbonyl (C=O) groups is 1. The van der Waals surface area contributed by atoms with E-state index < -0.39 is 0 Å². The third-order valence-electron chi connectivity index (χ3n) is 3.94. The van der Waals surface area contributed by atoms with Gasteiger partial charge in [-0.3, -0.25) is 9.78 Å². The lowest BCUT2D eigenvalue weighted by molar-refractivity contribution is -0.132. The van der Waals surface area contributed by atoms with Crippen molar-refractivity contribution in [2.75, 3.05) is 33.5 Å². The van der Waals surface area contributed by atoms with Crippen molar-refractivity contribution in [3.63, 3.8) is 0 Å². The van der Waals surface area contributed by atoms with Crippen molar-refractivity contribution >= 4 is 5.91 Å². The zero-order valence-electron chi connectivity index (χ0n) is 16.1. The number of aromatic nitrogens is 1. The molecule has 146 valence electrons. The molecule has 1 amide bonds. The number of para-hydroxylation sites is 2. The molecular weight excluding hydrogens is 344 g/mol. The highest BCUT2D eigenvalue weighted by Gasteiger charge is 2.14. The summed E-state index contributed by atoms with van der Waals surface area (Å²) in [5.74, 6) is 1.50. The third-order valence-corrected chi connectivity index (χ3v) is 3.94. The molecule has 1 aromatic carbocycles. The molecule has 0 N–H and O–H groups in total. The monoisotopic (exact) mass is 372 g/mol. The van der Waals surface area contributed by atoms with E-state index in [1.807, 2.05) is 49.4 Å². The van der Waals surface area contributed by atoms with Crippen molar-refractivity contribution in [1.29, 1.82) is 0 Å². The molecule has 27 heavy (non-hydrogen) atoms. The summed E-state index contributed by atoms with van der Waals surface area (Å²) >= 11 is 0. The van der Waals surface area contributed by atoms with Crippen molar-refractivity contribution in [2.45, 2.75) is 26.3 Å². The van der Waals surface area contributed by atoms with Gasteiger partial charge in [0, 0.05) is 26.3 Å². The first-order valence-electron chi connectivity index (χ1n) is 9.25. The number of hydrogen-bond acceptors (Lipinski definition) is 5. The molecule has 0 aliphatic carbocycles. The lowest BCUT2D eigenvalue weighted by Crippen LogP contribution is -2.33. The quantitative estimate of drug-likeness (QED) is 0.535. The lowest BCUT2D eigenvalue weighted by atomic mass is 10.2. The number of nitrogens with zero attached hydrogens (tertiary/aromatic N) is 2. The van der Waals surface area contributed by atoms with Crippen LogP contribution in [-0.4, -0.2) is 49.3 Å². The highest BCUT2D eigenvalue weighted by molar-refractivity contribution is 5.76. The van der Waals surface area contributed by atoms with Crippen LogP contribution in [0.3, 0.4) is 0 Å². The summed E-state index contributed by atoms with van der Waals surface area (Å²) in [5.41, 5.74) is 0.865. The van der Waals surface area contributed by atoms with E-state index in [1.165, 1.54) is 0 Å². The molecule has 0 saturated heterocycles. The summed E-state index contributed by atoms with van der Waals surface area (Å²) in [5, 5.41) is 0. The average Bonchev–Trinajstić information content (AvgIpc) is 2.70. The van der Waals surface area contributed by atoms with Gasteiger partial charge in [0.1, 0.15) is 0 Å². The van der Waals surface area contributed by atoms with Crippen LogP contribution in [-0.2, 0) is 16.1 Å². The SMILES string of the molecule is CCOc1ccccc1OCCCC(=O)N(CCOC)Cc1ccccn1. The van der Waals surface area contributed by atoms with Crippen molar-refractivity contribution in [2.24, 2.45) is 0 Å². The summed E-state index contributed by atoms with van der Waals surface area (Å²) in [6, 6.07) is 13.3. The van der Waals surface area contributed by atoms with Crippen LogP contribution in [0, 0.1) is 0 Å². The second-order valence-electron chi connectivity index (χ2n) is 5.96. The smallest absolute Gasteiger partial charge is 0.223 e. The van der Waals surface area contributed by atoms with Crippen LogP contribution in [0.1, 0.15) is 25.5 Å². The predicted molar refractivity (Wildman–Crippen MR) is 104 cm³/mol. The van der Waals surface area contributed by atoms with Gasteiger partial charge in [0.05, 0.1) is 32.1 Å². The van der Waals surface area contributed by atoms with Crippen molar-refractivity contribution < 1.29 is 19.0 Å². The van der Waals surface area contributed by atoms with Crippen molar-refractivity contribution in [3.05, 3.63) is 54.4 Å². The molecule has 2 aromatic rings. The van der Waals surface area contributed by atoms with E-state index in [4.69, 9.17) is 14.2 Å². The Morgan fingerprint density at radius 2 is 1.78 bits per heavy atom. The molecule has 0 radical (unpaired) electrons. The van der Waals surface area contributed by atoms with Crippen LogP contribution in [0.5, 0.6) is 11.5 Å². The minimum Gasteiger partial charge on any atom is -0.490 e. The number of rotatable bonds is 12. The van der Waals surface area contributed by atoms with E-state index in [9.17, 15) is 4.79 Å². The van der Waals surface area contributed by atoms with Gasteiger partial charge in [-0.15, -0.1) is 0 Å². The topological polar surface area (TPSA) is 60.9 Å². The molecule has 0 atom stereocenters. The zero-order valence-corrected chi connectivity index (χ0v) is 16.1. The van der Waals surface area contributed by atoms with Crippen LogP contribution in [0.4, 0.5) is 0 Å². The Labute approximate surface area is 161 Å². The Morgan fingerprint density at radius 3 is 2.44 bits per heavy atom. The van der Waals surface area contributed by atoms with Crippen LogP contribution in [0.15, 0.2) is 48.7 Å². The first kappa shape index (κ1) is 20.7. The maximum absolute atomic E-state index is 12.6. The number of amides is 1. The van der Waals surface area contributed by atoms with Crippen LogP contribution >= 0.6 is 0 Å². The fraction of sp³-hybridized carbons (Fsp3) is 0.429. The van der Waals surface area contributed by atoms with Crippen molar-refractivity contribution in [1.82, 2.24) is 9.88 Å². The molecule has 0 aliphatic rings. The van der Waals surface area contributed by atoms with E-state index >= 15 is 0 Å². The van der Waals surface area contributed by atoms with Gasteiger partial charge in [-0.25, -0.2) is 0 Å². The number of methoxy groups -OCH3 is 1. The Hall–Kier alpha value is -2.60.